The van der Waals surface area contributed by atoms with Gasteiger partial charge in [-0.05, 0) is 48.0 Å². The molecule has 3 amide bonds. The van der Waals surface area contributed by atoms with Crippen molar-refractivity contribution < 1.29 is 14.4 Å². The minimum absolute atomic E-state index is 0.0134. The van der Waals surface area contributed by atoms with Crippen LogP contribution in [0.4, 0.5) is 11.4 Å². The predicted molar refractivity (Wildman–Crippen MR) is 128 cm³/mol. The van der Waals surface area contributed by atoms with Crippen molar-refractivity contribution in [3.8, 4) is 0 Å². The monoisotopic (exact) mass is 437 g/mol. The molecule has 0 aromatic heterocycles. The fourth-order valence-corrected chi connectivity index (χ4v) is 4.26. The summed E-state index contributed by atoms with van der Waals surface area (Å²) < 4.78 is 0. The van der Waals surface area contributed by atoms with E-state index in [9.17, 15) is 14.4 Å². The zero-order valence-corrected chi connectivity index (χ0v) is 18.1. The number of hydrogen-bond acceptors (Lipinski definition) is 4. The fourth-order valence-electron chi connectivity index (χ4n) is 4.26. The number of anilines is 2. The van der Waals surface area contributed by atoms with Gasteiger partial charge >= 0.3 is 0 Å². The number of nitrogens with zero attached hydrogens (tertiary/aromatic N) is 3. The van der Waals surface area contributed by atoms with Gasteiger partial charge in [-0.3, -0.25) is 14.4 Å². The van der Waals surface area contributed by atoms with E-state index in [1.807, 2.05) is 53.4 Å². The van der Waals surface area contributed by atoms with Gasteiger partial charge in [0.05, 0.1) is 16.8 Å². The minimum atomic E-state index is -0.293. The summed E-state index contributed by atoms with van der Waals surface area (Å²) in [5, 5.41) is 0. The Kier molecular flexibility index (Phi) is 5.48. The summed E-state index contributed by atoms with van der Waals surface area (Å²) >= 11 is 0. The Morgan fingerprint density at radius 1 is 0.667 bits per heavy atom. The second-order valence-corrected chi connectivity index (χ2v) is 8.06. The molecule has 2 heterocycles. The third kappa shape index (κ3) is 4.03. The molecule has 33 heavy (non-hydrogen) atoms. The lowest BCUT2D eigenvalue weighted by Gasteiger charge is -2.35. The zero-order chi connectivity index (χ0) is 22.8. The van der Waals surface area contributed by atoms with Gasteiger partial charge in [-0.2, -0.15) is 0 Å². The molecule has 1 fully saturated rings. The first kappa shape index (κ1) is 20.7. The van der Waals surface area contributed by atoms with Crippen LogP contribution in [0.2, 0.25) is 0 Å². The highest BCUT2D eigenvalue weighted by molar-refractivity contribution is 6.34. The lowest BCUT2D eigenvalue weighted by Crippen LogP contribution is -2.48. The van der Waals surface area contributed by atoms with Gasteiger partial charge in [-0.25, -0.2) is 4.90 Å². The molecule has 3 aromatic carbocycles. The molecule has 0 atom stereocenters. The van der Waals surface area contributed by atoms with Crippen molar-refractivity contribution in [2.75, 3.05) is 36.0 Å². The molecule has 2 aliphatic heterocycles. The number of fused-ring (bicyclic) bond motifs is 1. The predicted octanol–water partition coefficient (Wildman–Crippen LogP) is 3.85. The number of hydrogen-bond donors (Lipinski definition) is 0. The quantitative estimate of drug-likeness (QED) is 0.460. The van der Waals surface area contributed by atoms with E-state index >= 15 is 0 Å². The van der Waals surface area contributed by atoms with Gasteiger partial charge < -0.3 is 9.80 Å². The minimum Gasteiger partial charge on any atom is -0.368 e. The highest BCUT2D eigenvalue weighted by atomic mass is 16.2. The first-order chi connectivity index (χ1) is 16.1. The highest BCUT2D eigenvalue weighted by Crippen LogP contribution is 2.30. The average molecular weight is 437 g/mol. The summed E-state index contributed by atoms with van der Waals surface area (Å²) in [6.45, 7) is 2.71. The molecule has 3 aromatic rings. The van der Waals surface area contributed by atoms with Crippen molar-refractivity contribution in [3.05, 3.63) is 102 Å². The van der Waals surface area contributed by atoms with Gasteiger partial charge in [-0.15, -0.1) is 0 Å². The van der Waals surface area contributed by atoms with Crippen molar-refractivity contribution in [2.24, 2.45) is 0 Å². The molecule has 0 spiro atoms. The third-order valence-corrected chi connectivity index (χ3v) is 6.08. The van der Waals surface area contributed by atoms with E-state index in [1.165, 1.54) is 4.90 Å². The molecule has 0 aliphatic carbocycles. The van der Waals surface area contributed by atoms with Crippen molar-refractivity contribution in [1.82, 2.24) is 4.90 Å². The third-order valence-electron chi connectivity index (χ3n) is 6.08. The van der Waals surface area contributed by atoms with Crippen molar-refractivity contribution in [2.45, 2.75) is 0 Å². The van der Waals surface area contributed by atoms with Crippen LogP contribution >= 0.6 is 0 Å². The van der Waals surface area contributed by atoms with E-state index in [2.05, 4.69) is 4.90 Å². The molecule has 1 saturated heterocycles. The van der Waals surface area contributed by atoms with Crippen LogP contribution in [0, 0.1) is 0 Å². The topological polar surface area (TPSA) is 60.9 Å². The van der Waals surface area contributed by atoms with Gasteiger partial charge in [0.2, 0.25) is 5.91 Å². The van der Waals surface area contributed by atoms with Gasteiger partial charge in [0.25, 0.3) is 11.8 Å². The van der Waals surface area contributed by atoms with E-state index in [0.29, 0.717) is 29.9 Å². The second kappa shape index (κ2) is 8.74. The first-order valence-electron chi connectivity index (χ1n) is 11.0. The summed E-state index contributed by atoms with van der Waals surface area (Å²) in [5.41, 5.74) is 3.44. The Balaban J connectivity index is 1.21. The lowest BCUT2D eigenvalue weighted by atomic mass is 10.1. The Morgan fingerprint density at radius 2 is 1.21 bits per heavy atom. The Morgan fingerprint density at radius 3 is 1.82 bits per heavy atom. The zero-order valence-electron chi connectivity index (χ0n) is 18.1. The van der Waals surface area contributed by atoms with Crippen LogP contribution in [0.1, 0.15) is 26.3 Å². The molecule has 6 nitrogen and oxygen atoms in total. The maximum absolute atomic E-state index is 12.7. The summed E-state index contributed by atoms with van der Waals surface area (Å²) in [6, 6.07) is 24.1. The van der Waals surface area contributed by atoms with E-state index in [1.54, 1.807) is 42.5 Å². The standard InChI is InChI=1S/C27H23N3O3/c31-25(15-10-20-6-2-1-3-7-20)29-18-16-28(17-19-29)21-11-13-22(14-12-21)30-26(32)23-8-4-5-9-24(23)27(30)33/h1-15H,16-19H2. The largest absolute Gasteiger partial charge is 0.368 e. The molecule has 5 rings (SSSR count). The van der Waals surface area contributed by atoms with Crippen molar-refractivity contribution >= 4 is 35.2 Å². The van der Waals surface area contributed by atoms with Gasteiger partial charge in [0, 0.05) is 37.9 Å². The van der Waals surface area contributed by atoms with E-state index < -0.39 is 0 Å². The van der Waals surface area contributed by atoms with Crippen LogP contribution in [0.25, 0.3) is 6.08 Å². The molecular weight excluding hydrogens is 414 g/mol. The van der Waals surface area contributed by atoms with E-state index in [-0.39, 0.29) is 17.7 Å². The van der Waals surface area contributed by atoms with Gasteiger partial charge in [0.15, 0.2) is 0 Å². The summed E-state index contributed by atoms with van der Waals surface area (Å²) in [5.74, 6) is -0.572. The number of benzene rings is 3. The maximum atomic E-state index is 12.7. The van der Waals surface area contributed by atoms with Crippen LogP contribution in [0.15, 0.2) is 84.9 Å². The van der Waals surface area contributed by atoms with Crippen molar-refractivity contribution in [1.29, 1.82) is 0 Å². The molecule has 0 bridgehead atoms. The Labute approximate surface area is 192 Å². The highest BCUT2D eigenvalue weighted by Gasteiger charge is 2.36. The van der Waals surface area contributed by atoms with Crippen LogP contribution < -0.4 is 9.80 Å². The van der Waals surface area contributed by atoms with Crippen LogP contribution in [0.3, 0.4) is 0 Å². The lowest BCUT2D eigenvalue weighted by molar-refractivity contribution is -0.126. The van der Waals surface area contributed by atoms with Crippen molar-refractivity contribution in [3.63, 3.8) is 0 Å². The molecule has 0 radical (unpaired) electrons. The second-order valence-electron chi connectivity index (χ2n) is 8.06. The number of piperazine rings is 1. The molecule has 6 heteroatoms. The molecule has 0 saturated carbocycles. The fraction of sp³-hybridized carbons (Fsp3) is 0.148. The number of carbonyl (C=O) groups excluding carboxylic acids is 3. The number of imide groups is 1. The van der Waals surface area contributed by atoms with Gasteiger partial charge in [0.1, 0.15) is 0 Å². The molecule has 0 unspecified atom stereocenters. The summed E-state index contributed by atoms with van der Waals surface area (Å²) in [7, 11) is 0. The Hall–Kier alpha value is -4.19. The molecule has 0 N–H and O–H groups in total. The summed E-state index contributed by atoms with van der Waals surface area (Å²) in [6.07, 6.45) is 3.47. The van der Waals surface area contributed by atoms with Gasteiger partial charge in [-0.1, -0.05) is 42.5 Å². The smallest absolute Gasteiger partial charge is 0.266 e. The molecular formula is C27H23N3O3. The van der Waals surface area contributed by atoms with Crippen LogP contribution in [-0.4, -0.2) is 48.8 Å². The van der Waals surface area contributed by atoms with Crippen LogP contribution in [-0.2, 0) is 4.79 Å². The number of rotatable bonds is 4. The normalized spacial score (nSPS) is 15.9. The SMILES string of the molecule is O=C(C=Cc1ccccc1)N1CCN(c2ccc(N3C(=O)c4ccccc4C3=O)cc2)CC1. The number of carbonyl (C=O) groups is 3. The average Bonchev–Trinajstić information content (AvgIpc) is 3.13. The first-order valence-corrected chi connectivity index (χ1v) is 11.0. The maximum Gasteiger partial charge on any atom is 0.266 e. The Bertz CT molecular complexity index is 1190. The van der Waals surface area contributed by atoms with Crippen LogP contribution in [0.5, 0.6) is 0 Å². The number of amides is 3. The summed E-state index contributed by atoms with van der Waals surface area (Å²) in [4.78, 5) is 43.2. The van der Waals surface area contributed by atoms with E-state index in [0.717, 1.165) is 24.3 Å². The molecule has 2 aliphatic rings. The molecule has 164 valence electrons. The van der Waals surface area contributed by atoms with E-state index in [4.69, 9.17) is 0 Å².